The zero-order chi connectivity index (χ0) is 19.0. The number of piperidine rings is 1. The lowest BCUT2D eigenvalue weighted by atomic mass is 9.78. The first-order chi connectivity index (χ1) is 13.0. The van der Waals surface area contributed by atoms with Crippen LogP contribution in [0.3, 0.4) is 0 Å². The number of nitrogens with zero attached hydrogens (tertiary/aromatic N) is 4. The van der Waals surface area contributed by atoms with E-state index in [4.69, 9.17) is 4.52 Å². The van der Waals surface area contributed by atoms with Crippen molar-refractivity contribution in [2.75, 3.05) is 19.6 Å². The van der Waals surface area contributed by atoms with Gasteiger partial charge < -0.3 is 14.3 Å². The lowest BCUT2D eigenvalue weighted by molar-refractivity contribution is -0.138. The second-order valence-corrected chi connectivity index (χ2v) is 7.67. The Morgan fingerprint density at radius 2 is 2.11 bits per heavy atom. The van der Waals surface area contributed by atoms with E-state index in [-0.39, 0.29) is 11.8 Å². The molecule has 2 aromatic heterocycles. The first-order valence-corrected chi connectivity index (χ1v) is 9.41. The van der Waals surface area contributed by atoms with Crippen molar-refractivity contribution in [3.63, 3.8) is 0 Å². The summed E-state index contributed by atoms with van der Waals surface area (Å²) >= 11 is 0. The molecule has 27 heavy (non-hydrogen) atoms. The molecule has 7 nitrogen and oxygen atoms in total. The van der Waals surface area contributed by atoms with E-state index in [2.05, 4.69) is 10.1 Å². The van der Waals surface area contributed by atoms with E-state index in [1.54, 1.807) is 11.8 Å². The molecule has 0 unspecified atom stereocenters. The summed E-state index contributed by atoms with van der Waals surface area (Å²) in [6, 6.07) is 5.88. The van der Waals surface area contributed by atoms with E-state index in [0.717, 1.165) is 30.7 Å². The van der Waals surface area contributed by atoms with Gasteiger partial charge in [-0.05, 0) is 45.2 Å². The van der Waals surface area contributed by atoms with Crippen molar-refractivity contribution in [2.45, 2.75) is 39.7 Å². The van der Waals surface area contributed by atoms with Crippen molar-refractivity contribution in [3.8, 4) is 0 Å². The summed E-state index contributed by atoms with van der Waals surface area (Å²) in [6.07, 6.45) is 3.84. The lowest BCUT2D eigenvalue weighted by Crippen LogP contribution is -2.49. The van der Waals surface area contributed by atoms with Crippen LogP contribution in [0.1, 0.15) is 46.7 Å². The Balaban J connectivity index is 1.49. The van der Waals surface area contributed by atoms with Gasteiger partial charge in [0.2, 0.25) is 5.91 Å². The Bertz CT molecular complexity index is 878. The number of aromatic nitrogens is 2. The van der Waals surface area contributed by atoms with Crippen LogP contribution in [-0.4, -0.2) is 51.4 Å². The van der Waals surface area contributed by atoms with Crippen molar-refractivity contribution in [1.82, 2.24) is 19.9 Å². The summed E-state index contributed by atoms with van der Waals surface area (Å²) in [5, 5.41) is 3.80. The predicted molar refractivity (Wildman–Crippen MR) is 97.8 cm³/mol. The summed E-state index contributed by atoms with van der Waals surface area (Å²) in [7, 11) is 0. The van der Waals surface area contributed by atoms with E-state index in [1.165, 1.54) is 6.26 Å². The van der Waals surface area contributed by atoms with Gasteiger partial charge >= 0.3 is 0 Å². The monoisotopic (exact) mass is 368 g/mol. The van der Waals surface area contributed by atoms with Crippen LogP contribution in [0.15, 0.2) is 29.0 Å². The van der Waals surface area contributed by atoms with Crippen molar-refractivity contribution >= 4 is 11.8 Å². The van der Waals surface area contributed by atoms with Gasteiger partial charge in [0.15, 0.2) is 0 Å². The quantitative estimate of drug-likeness (QED) is 0.831. The summed E-state index contributed by atoms with van der Waals surface area (Å²) in [5.74, 6) is 0.0461. The van der Waals surface area contributed by atoms with Crippen LogP contribution in [-0.2, 0) is 11.3 Å². The van der Waals surface area contributed by atoms with Crippen LogP contribution >= 0.6 is 0 Å². The number of carbonyl (C=O) groups is 2. The molecule has 0 aromatic carbocycles. The molecule has 1 spiro atoms. The lowest BCUT2D eigenvalue weighted by Gasteiger charge is -2.39. The molecular weight excluding hydrogens is 344 g/mol. The first-order valence-electron chi connectivity index (χ1n) is 9.41. The minimum atomic E-state index is -0.469. The number of hydrogen-bond acceptors (Lipinski definition) is 5. The van der Waals surface area contributed by atoms with Crippen molar-refractivity contribution < 1.29 is 14.1 Å². The molecule has 2 aliphatic heterocycles. The van der Waals surface area contributed by atoms with E-state index < -0.39 is 5.41 Å². The molecule has 142 valence electrons. The molecule has 2 amide bonds. The van der Waals surface area contributed by atoms with Gasteiger partial charge in [0.1, 0.15) is 11.8 Å². The Labute approximate surface area is 158 Å². The number of likely N-dealkylation sites (tertiary alicyclic amines) is 2. The molecule has 7 heteroatoms. The summed E-state index contributed by atoms with van der Waals surface area (Å²) in [6.45, 7) is 6.08. The molecule has 1 atom stereocenters. The van der Waals surface area contributed by atoms with Gasteiger partial charge in [0.05, 0.1) is 23.3 Å². The maximum absolute atomic E-state index is 13.2. The van der Waals surface area contributed by atoms with E-state index in [9.17, 15) is 9.59 Å². The van der Waals surface area contributed by atoms with Gasteiger partial charge in [-0.3, -0.25) is 14.6 Å². The average molecular weight is 368 g/mol. The van der Waals surface area contributed by atoms with Crippen LogP contribution in [0, 0.1) is 19.3 Å². The molecule has 0 aliphatic carbocycles. The second-order valence-electron chi connectivity index (χ2n) is 7.67. The highest BCUT2D eigenvalue weighted by atomic mass is 16.5. The topological polar surface area (TPSA) is 79.5 Å². The van der Waals surface area contributed by atoms with Crippen molar-refractivity contribution in [1.29, 1.82) is 0 Å². The number of rotatable bonds is 3. The fourth-order valence-corrected chi connectivity index (χ4v) is 4.28. The zero-order valence-corrected chi connectivity index (χ0v) is 15.8. The first kappa shape index (κ1) is 17.7. The third-order valence-electron chi connectivity index (χ3n) is 5.74. The van der Waals surface area contributed by atoms with Gasteiger partial charge in [-0.2, -0.15) is 0 Å². The molecule has 0 radical (unpaired) electrons. The van der Waals surface area contributed by atoms with Crippen LogP contribution < -0.4 is 0 Å². The third-order valence-corrected chi connectivity index (χ3v) is 5.74. The van der Waals surface area contributed by atoms with E-state index >= 15 is 0 Å². The van der Waals surface area contributed by atoms with Crippen LogP contribution in [0.5, 0.6) is 0 Å². The number of carbonyl (C=O) groups excluding carboxylic acids is 2. The molecule has 2 aliphatic rings. The van der Waals surface area contributed by atoms with Gasteiger partial charge in [0.25, 0.3) is 5.91 Å². The molecule has 2 saturated heterocycles. The highest BCUT2D eigenvalue weighted by Crippen LogP contribution is 2.41. The van der Waals surface area contributed by atoms with Gasteiger partial charge in [-0.1, -0.05) is 11.2 Å². The smallest absolute Gasteiger partial charge is 0.259 e. The molecular formula is C20H24N4O3. The normalized spacial score (nSPS) is 22.7. The van der Waals surface area contributed by atoms with Crippen molar-refractivity contribution in [3.05, 3.63) is 47.1 Å². The van der Waals surface area contributed by atoms with E-state index in [0.29, 0.717) is 37.4 Å². The molecule has 0 bridgehead atoms. The van der Waals surface area contributed by atoms with Gasteiger partial charge in [0, 0.05) is 25.3 Å². The Morgan fingerprint density at radius 3 is 2.85 bits per heavy atom. The Hall–Kier alpha value is -2.70. The maximum Gasteiger partial charge on any atom is 0.259 e. The zero-order valence-electron chi connectivity index (χ0n) is 15.8. The SMILES string of the molecule is Cc1cccc(CN2CC[C@@]3(CCCN(C(=O)c4conc4C)C3)C2=O)n1. The summed E-state index contributed by atoms with van der Waals surface area (Å²) < 4.78 is 4.91. The van der Waals surface area contributed by atoms with Crippen LogP contribution in [0.4, 0.5) is 0 Å². The average Bonchev–Trinajstić information content (AvgIpc) is 3.21. The minimum absolute atomic E-state index is 0.0978. The number of aryl methyl sites for hydroxylation is 2. The van der Waals surface area contributed by atoms with Gasteiger partial charge in [-0.15, -0.1) is 0 Å². The van der Waals surface area contributed by atoms with Gasteiger partial charge in [-0.25, -0.2) is 0 Å². The molecule has 2 fully saturated rings. The summed E-state index contributed by atoms with van der Waals surface area (Å²) in [4.78, 5) is 34.2. The molecule has 4 heterocycles. The van der Waals surface area contributed by atoms with E-state index in [1.807, 2.05) is 30.0 Å². The maximum atomic E-state index is 13.2. The summed E-state index contributed by atoms with van der Waals surface area (Å²) in [5.41, 5.74) is 2.46. The highest BCUT2D eigenvalue weighted by molar-refractivity contribution is 5.95. The fourth-order valence-electron chi connectivity index (χ4n) is 4.28. The minimum Gasteiger partial charge on any atom is -0.364 e. The third kappa shape index (κ3) is 3.22. The number of pyridine rings is 1. The van der Waals surface area contributed by atoms with Crippen LogP contribution in [0.25, 0.3) is 0 Å². The predicted octanol–water partition coefficient (Wildman–Crippen LogP) is 2.34. The number of amides is 2. The Kier molecular flexibility index (Phi) is 4.45. The molecule has 4 rings (SSSR count). The molecule has 2 aromatic rings. The standard InChI is InChI=1S/C20H24N4O3/c1-14-5-3-6-16(21-14)11-23-10-8-20(19(23)26)7-4-9-24(13-20)18(25)17-12-27-22-15(17)2/h3,5-6,12H,4,7-11,13H2,1-2H3/t20-/m1/s1. The molecule has 0 N–H and O–H groups in total. The fraction of sp³-hybridized carbons (Fsp3) is 0.500. The van der Waals surface area contributed by atoms with Crippen LogP contribution in [0.2, 0.25) is 0 Å². The highest BCUT2D eigenvalue weighted by Gasteiger charge is 2.49. The molecule has 0 saturated carbocycles. The number of hydrogen-bond donors (Lipinski definition) is 0. The second kappa shape index (κ2) is 6.79. The Morgan fingerprint density at radius 1 is 1.26 bits per heavy atom. The largest absolute Gasteiger partial charge is 0.364 e. The van der Waals surface area contributed by atoms with Crippen molar-refractivity contribution in [2.24, 2.45) is 5.41 Å².